The van der Waals surface area contributed by atoms with Gasteiger partial charge >= 0.3 is 0 Å². The van der Waals surface area contributed by atoms with Gasteiger partial charge in [0.05, 0.1) is 0 Å². The van der Waals surface area contributed by atoms with E-state index in [0.29, 0.717) is 13.0 Å². The molecule has 104 valence electrons. The Morgan fingerprint density at radius 2 is 1.75 bits per heavy atom. The van der Waals surface area contributed by atoms with E-state index < -0.39 is 0 Å². The van der Waals surface area contributed by atoms with Crippen LogP contribution in [0.1, 0.15) is 17.5 Å². The lowest BCUT2D eigenvalue weighted by molar-refractivity contribution is -0.130. The highest BCUT2D eigenvalue weighted by molar-refractivity contribution is 5.76. The molecule has 2 rings (SSSR count). The van der Waals surface area contributed by atoms with Crippen molar-refractivity contribution in [2.24, 2.45) is 0 Å². The summed E-state index contributed by atoms with van der Waals surface area (Å²) in [4.78, 5) is 17.7. The highest BCUT2D eigenvalue weighted by Gasteiger charge is 2.09. The Balaban J connectivity index is 1.84. The van der Waals surface area contributed by atoms with Crippen molar-refractivity contribution in [3.05, 3.63) is 59.9 Å². The molecule has 2 aromatic rings. The smallest absolute Gasteiger partial charge is 0.222 e. The second-order valence-corrected chi connectivity index (χ2v) is 4.77. The number of amides is 1. The number of aryl methyl sites for hydroxylation is 1. The average molecular weight is 270 g/mol. The van der Waals surface area contributed by atoms with Crippen molar-refractivity contribution in [3.8, 4) is 5.75 Å². The van der Waals surface area contributed by atoms with Crippen LogP contribution in [0.4, 0.5) is 0 Å². The van der Waals surface area contributed by atoms with E-state index >= 15 is 0 Å². The molecule has 0 saturated heterocycles. The number of rotatable bonds is 5. The van der Waals surface area contributed by atoms with E-state index in [1.807, 2.05) is 24.3 Å². The van der Waals surface area contributed by atoms with Gasteiger partial charge in [-0.05, 0) is 41.8 Å². The predicted molar refractivity (Wildman–Crippen MR) is 77.1 cm³/mol. The number of carbonyl (C=O) groups excluding carboxylic acids is 1. The van der Waals surface area contributed by atoms with Gasteiger partial charge in [-0.25, -0.2) is 0 Å². The van der Waals surface area contributed by atoms with Crippen molar-refractivity contribution in [2.75, 3.05) is 7.05 Å². The number of aromatic hydroxyl groups is 1. The first-order valence-electron chi connectivity index (χ1n) is 6.56. The van der Waals surface area contributed by atoms with Crippen LogP contribution in [0.2, 0.25) is 0 Å². The maximum atomic E-state index is 12.0. The van der Waals surface area contributed by atoms with Crippen molar-refractivity contribution in [1.82, 2.24) is 9.88 Å². The molecule has 0 unspecified atom stereocenters. The van der Waals surface area contributed by atoms with Gasteiger partial charge in [0.25, 0.3) is 0 Å². The number of phenols is 1. The summed E-state index contributed by atoms with van der Waals surface area (Å²) in [5.74, 6) is 0.343. The Labute approximate surface area is 118 Å². The molecule has 0 spiro atoms. The number of hydrogen-bond acceptors (Lipinski definition) is 3. The summed E-state index contributed by atoms with van der Waals surface area (Å²) in [5, 5.41) is 9.22. The standard InChI is InChI=1S/C16H18N2O2/c1-18(12-14-2-5-15(19)6-3-14)16(20)7-4-13-8-10-17-11-9-13/h2-3,5-6,8-11,19H,4,7,12H2,1H3. The Morgan fingerprint density at radius 1 is 1.10 bits per heavy atom. The number of hydrogen-bond donors (Lipinski definition) is 1. The van der Waals surface area contributed by atoms with Crippen molar-refractivity contribution >= 4 is 5.91 Å². The molecule has 0 fully saturated rings. The first-order chi connectivity index (χ1) is 9.65. The van der Waals surface area contributed by atoms with Gasteiger partial charge in [0.2, 0.25) is 5.91 Å². The van der Waals surface area contributed by atoms with Crippen LogP contribution in [0.25, 0.3) is 0 Å². The van der Waals surface area contributed by atoms with Gasteiger partial charge in [0, 0.05) is 32.4 Å². The Bertz CT molecular complexity index is 552. The van der Waals surface area contributed by atoms with Crippen molar-refractivity contribution in [3.63, 3.8) is 0 Å². The summed E-state index contributed by atoms with van der Waals surface area (Å²) in [6.45, 7) is 0.551. The van der Waals surface area contributed by atoms with E-state index in [9.17, 15) is 9.90 Å². The monoisotopic (exact) mass is 270 g/mol. The zero-order valence-corrected chi connectivity index (χ0v) is 11.5. The van der Waals surface area contributed by atoms with E-state index in [-0.39, 0.29) is 11.7 Å². The van der Waals surface area contributed by atoms with Crippen LogP contribution in [0.15, 0.2) is 48.8 Å². The zero-order valence-electron chi connectivity index (χ0n) is 11.5. The third-order valence-electron chi connectivity index (χ3n) is 3.16. The molecule has 1 heterocycles. The molecule has 1 N–H and O–H groups in total. The lowest BCUT2D eigenvalue weighted by Crippen LogP contribution is -2.26. The molecule has 0 radical (unpaired) electrons. The second-order valence-electron chi connectivity index (χ2n) is 4.77. The largest absolute Gasteiger partial charge is 0.508 e. The molecule has 0 bridgehead atoms. The average Bonchev–Trinajstić information content (AvgIpc) is 2.48. The van der Waals surface area contributed by atoms with Gasteiger partial charge in [0.1, 0.15) is 5.75 Å². The number of pyridine rings is 1. The van der Waals surface area contributed by atoms with Crippen LogP contribution in [0, 0.1) is 0 Å². The van der Waals surface area contributed by atoms with Crippen molar-refractivity contribution < 1.29 is 9.90 Å². The molecule has 1 amide bonds. The molecule has 4 heteroatoms. The molecule has 1 aromatic carbocycles. The van der Waals surface area contributed by atoms with E-state index in [2.05, 4.69) is 4.98 Å². The summed E-state index contributed by atoms with van der Waals surface area (Å²) < 4.78 is 0. The maximum absolute atomic E-state index is 12.0. The molecule has 1 aromatic heterocycles. The minimum Gasteiger partial charge on any atom is -0.508 e. The first kappa shape index (κ1) is 14.1. The summed E-state index contributed by atoms with van der Waals surface area (Å²) in [6.07, 6.45) is 4.68. The molecule has 0 saturated carbocycles. The minimum atomic E-state index is 0.106. The fraction of sp³-hybridized carbons (Fsp3) is 0.250. The summed E-state index contributed by atoms with van der Waals surface area (Å²) >= 11 is 0. The topological polar surface area (TPSA) is 53.4 Å². The highest BCUT2D eigenvalue weighted by atomic mass is 16.3. The van der Waals surface area contributed by atoms with E-state index in [4.69, 9.17) is 0 Å². The molecular formula is C16H18N2O2. The van der Waals surface area contributed by atoms with Crippen LogP contribution >= 0.6 is 0 Å². The first-order valence-corrected chi connectivity index (χ1v) is 6.56. The molecule has 0 atom stereocenters. The van der Waals surface area contributed by atoms with Crippen LogP contribution in [0.5, 0.6) is 5.75 Å². The lowest BCUT2D eigenvalue weighted by Gasteiger charge is -2.17. The van der Waals surface area contributed by atoms with Crippen LogP contribution in [-0.2, 0) is 17.8 Å². The maximum Gasteiger partial charge on any atom is 0.222 e. The van der Waals surface area contributed by atoms with Gasteiger partial charge in [-0.1, -0.05) is 12.1 Å². The van der Waals surface area contributed by atoms with Gasteiger partial charge in [-0.15, -0.1) is 0 Å². The number of phenolic OH excluding ortho intramolecular Hbond substituents is 1. The van der Waals surface area contributed by atoms with Gasteiger partial charge in [-0.3, -0.25) is 9.78 Å². The third kappa shape index (κ3) is 4.09. The molecule has 0 aliphatic carbocycles. The molecule has 0 aliphatic heterocycles. The lowest BCUT2D eigenvalue weighted by atomic mass is 10.1. The van der Waals surface area contributed by atoms with Crippen LogP contribution in [-0.4, -0.2) is 27.9 Å². The molecule has 0 aliphatic rings. The third-order valence-corrected chi connectivity index (χ3v) is 3.16. The van der Waals surface area contributed by atoms with Gasteiger partial charge < -0.3 is 10.0 Å². The van der Waals surface area contributed by atoms with Crippen LogP contribution < -0.4 is 0 Å². The fourth-order valence-corrected chi connectivity index (χ4v) is 1.95. The van der Waals surface area contributed by atoms with Gasteiger partial charge in [-0.2, -0.15) is 0 Å². The molecular weight excluding hydrogens is 252 g/mol. The number of carbonyl (C=O) groups is 1. The number of nitrogens with zero attached hydrogens (tertiary/aromatic N) is 2. The normalized spacial score (nSPS) is 10.2. The van der Waals surface area contributed by atoms with Crippen molar-refractivity contribution in [1.29, 1.82) is 0 Å². The predicted octanol–water partition coefficient (Wildman–Crippen LogP) is 2.38. The quantitative estimate of drug-likeness (QED) is 0.907. The van der Waals surface area contributed by atoms with Gasteiger partial charge in [0.15, 0.2) is 0 Å². The van der Waals surface area contributed by atoms with E-state index in [1.54, 1.807) is 36.5 Å². The highest BCUT2D eigenvalue weighted by Crippen LogP contribution is 2.12. The Hall–Kier alpha value is -2.36. The zero-order chi connectivity index (χ0) is 14.4. The molecule has 20 heavy (non-hydrogen) atoms. The molecule has 4 nitrogen and oxygen atoms in total. The van der Waals surface area contributed by atoms with Crippen LogP contribution in [0.3, 0.4) is 0 Å². The summed E-state index contributed by atoms with van der Waals surface area (Å²) in [6, 6.07) is 10.7. The Morgan fingerprint density at radius 3 is 2.40 bits per heavy atom. The number of benzene rings is 1. The summed E-state index contributed by atoms with van der Waals surface area (Å²) in [7, 11) is 1.79. The minimum absolute atomic E-state index is 0.106. The summed E-state index contributed by atoms with van der Waals surface area (Å²) in [5.41, 5.74) is 2.12. The van der Waals surface area contributed by atoms with Crippen molar-refractivity contribution in [2.45, 2.75) is 19.4 Å². The van der Waals surface area contributed by atoms with E-state index in [1.165, 1.54) is 0 Å². The SMILES string of the molecule is CN(Cc1ccc(O)cc1)C(=O)CCc1ccncc1. The fourth-order valence-electron chi connectivity index (χ4n) is 1.95. The van der Waals surface area contributed by atoms with E-state index in [0.717, 1.165) is 17.5 Å². The Kier molecular flexibility index (Phi) is 4.71. The second kappa shape index (κ2) is 6.70. The number of aromatic nitrogens is 1.